The van der Waals surface area contributed by atoms with E-state index in [2.05, 4.69) is 5.32 Å². The lowest BCUT2D eigenvalue weighted by atomic mass is 10.1. The van der Waals surface area contributed by atoms with Crippen LogP contribution in [-0.4, -0.2) is 17.9 Å². The van der Waals surface area contributed by atoms with E-state index in [4.69, 9.17) is 5.73 Å². The van der Waals surface area contributed by atoms with Gasteiger partial charge in [-0.1, -0.05) is 72.8 Å². The van der Waals surface area contributed by atoms with Gasteiger partial charge in [0.15, 0.2) is 0 Å². The number of rotatable bonds is 8. The third-order valence-corrected chi connectivity index (χ3v) is 3.61. The molecule has 0 spiro atoms. The Morgan fingerprint density at radius 2 is 1.62 bits per heavy atom. The van der Waals surface area contributed by atoms with Crippen LogP contribution in [0.25, 0.3) is 6.08 Å². The maximum Gasteiger partial charge on any atom is 0.240 e. The monoisotopic (exact) mass is 322 g/mol. The van der Waals surface area contributed by atoms with Gasteiger partial charge in [-0.15, -0.1) is 0 Å². The van der Waals surface area contributed by atoms with Gasteiger partial charge >= 0.3 is 0 Å². The summed E-state index contributed by atoms with van der Waals surface area (Å²) in [7, 11) is 0. The molecule has 2 aromatic rings. The summed E-state index contributed by atoms with van der Waals surface area (Å²) in [4.78, 5) is 23.6. The SMILES string of the molecule is NC(=O)[C@H](Cc1ccccc1)NC(=O)CC/C=C\c1ccccc1. The van der Waals surface area contributed by atoms with Crippen molar-refractivity contribution in [2.45, 2.75) is 25.3 Å². The van der Waals surface area contributed by atoms with Crippen molar-refractivity contribution in [3.8, 4) is 0 Å². The first kappa shape index (κ1) is 17.5. The zero-order valence-corrected chi connectivity index (χ0v) is 13.5. The van der Waals surface area contributed by atoms with Crippen molar-refractivity contribution in [3.63, 3.8) is 0 Å². The predicted octanol–water partition coefficient (Wildman–Crippen LogP) is 2.69. The lowest BCUT2D eigenvalue weighted by Crippen LogP contribution is -2.45. The Kier molecular flexibility index (Phi) is 6.77. The molecule has 24 heavy (non-hydrogen) atoms. The number of allylic oxidation sites excluding steroid dienone is 1. The maximum absolute atomic E-state index is 12.0. The second kappa shape index (κ2) is 9.30. The minimum Gasteiger partial charge on any atom is -0.368 e. The summed E-state index contributed by atoms with van der Waals surface area (Å²) >= 11 is 0. The fourth-order valence-corrected chi connectivity index (χ4v) is 2.34. The van der Waals surface area contributed by atoms with Crippen molar-refractivity contribution >= 4 is 17.9 Å². The second-order valence-corrected chi connectivity index (χ2v) is 5.56. The molecule has 1 atom stereocenters. The molecule has 2 aromatic carbocycles. The highest BCUT2D eigenvalue weighted by Crippen LogP contribution is 2.05. The molecule has 124 valence electrons. The lowest BCUT2D eigenvalue weighted by Gasteiger charge is -2.15. The Morgan fingerprint density at radius 1 is 1.00 bits per heavy atom. The third-order valence-electron chi connectivity index (χ3n) is 3.61. The van der Waals surface area contributed by atoms with Crippen molar-refractivity contribution in [2.24, 2.45) is 5.73 Å². The van der Waals surface area contributed by atoms with E-state index in [0.717, 1.165) is 11.1 Å². The van der Waals surface area contributed by atoms with E-state index in [1.807, 2.05) is 72.8 Å². The highest BCUT2D eigenvalue weighted by Gasteiger charge is 2.17. The minimum absolute atomic E-state index is 0.174. The highest BCUT2D eigenvalue weighted by molar-refractivity contribution is 5.86. The first-order valence-corrected chi connectivity index (χ1v) is 7.99. The fraction of sp³-hybridized carbons (Fsp3) is 0.200. The molecule has 0 saturated heterocycles. The van der Waals surface area contributed by atoms with Crippen LogP contribution in [0.15, 0.2) is 66.7 Å². The number of amides is 2. The van der Waals surface area contributed by atoms with Gasteiger partial charge in [-0.25, -0.2) is 0 Å². The van der Waals surface area contributed by atoms with E-state index in [9.17, 15) is 9.59 Å². The number of nitrogens with one attached hydrogen (secondary N) is 1. The van der Waals surface area contributed by atoms with Crippen LogP contribution in [0.5, 0.6) is 0 Å². The zero-order valence-electron chi connectivity index (χ0n) is 13.5. The molecule has 0 aliphatic heterocycles. The van der Waals surface area contributed by atoms with Gasteiger partial charge in [0.2, 0.25) is 11.8 Å². The smallest absolute Gasteiger partial charge is 0.240 e. The van der Waals surface area contributed by atoms with E-state index >= 15 is 0 Å². The van der Waals surface area contributed by atoms with Gasteiger partial charge in [-0.05, 0) is 17.5 Å². The van der Waals surface area contributed by atoms with Gasteiger partial charge in [0.1, 0.15) is 6.04 Å². The molecule has 0 aliphatic carbocycles. The molecule has 0 bridgehead atoms. The van der Waals surface area contributed by atoms with Gasteiger partial charge in [-0.2, -0.15) is 0 Å². The Hall–Kier alpha value is -2.88. The Morgan fingerprint density at radius 3 is 2.25 bits per heavy atom. The lowest BCUT2D eigenvalue weighted by molar-refractivity contribution is -0.127. The van der Waals surface area contributed by atoms with Crippen LogP contribution >= 0.6 is 0 Å². The van der Waals surface area contributed by atoms with E-state index < -0.39 is 11.9 Å². The van der Waals surface area contributed by atoms with Crippen molar-refractivity contribution < 1.29 is 9.59 Å². The summed E-state index contributed by atoms with van der Waals surface area (Å²) in [6, 6.07) is 18.7. The topological polar surface area (TPSA) is 72.2 Å². The Balaban J connectivity index is 1.80. The van der Waals surface area contributed by atoms with Crippen LogP contribution in [0.1, 0.15) is 24.0 Å². The van der Waals surface area contributed by atoms with Crippen molar-refractivity contribution in [1.82, 2.24) is 5.32 Å². The molecule has 0 aliphatic rings. The third kappa shape index (κ3) is 6.08. The number of benzene rings is 2. The van der Waals surface area contributed by atoms with Gasteiger partial charge in [0.25, 0.3) is 0 Å². The van der Waals surface area contributed by atoms with Crippen LogP contribution in [-0.2, 0) is 16.0 Å². The highest BCUT2D eigenvalue weighted by atomic mass is 16.2. The minimum atomic E-state index is -0.682. The molecule has 2 rings (SSSR count). The Bertz CT molecular complexity index is 681. The van der Waals surface area contributed by atoms with Crippen LogP contribution in [0.3, 0.4) is 0 Å². The van der Waals surface area contributed by atoms with Crippen molar-refractivity contribution in [2.75, 3.05) is 0 Å². The van der Waals surface area contributed by atoms with Crippen LogP contribution in [0, 0.1) is 0 Å². The standard InChI is InChI=1S/C20H22N2O2/c21-20(24)18(15-17-12-5-2-6-13-17)22-19(23)14-8-7-11-16-9-3-1-4-10-16/h1-7,9-13,18H,8,14-15H2,(H2,21,24)(H,22,23)/b11-7-/t18-/m0/s1. The molecule has 0 radical (unpaired) electrons. The summed E-state index contributed by atoms with van der Waals surface area (Å²) in [6.07, 6.45) is 5.26. The first-order valence-electron chi connectivity index (χ1n) is 7.99. The molecule has 3 N–H and O–H groups in total. The zero-order chi connectivity index (χ0) is 17.2. The summed E-state index contributed by atoms with van der Waals surface area (Å²) in [5.74, 6) is -0.695. The predicted molar refractivity (Wildman–Crippen MR) is 96.0 cm³/mol. The second-order valence-electron chi connectivity index (χ2n) is 5.56. The molecule has 0 saturated carbocycles. The molecule has 4 nitrogen and oxygen atoms in total. The first-order chi connectivity index (χ1) is 11.6. The maximum atomic E-state index is 12.0. The summed E-state index contributed by atoms with van der Waals surface area (Å²) in [5.41, 5.74) is 7.45. The molecular formula is C20H22N2O2. The van der Waals surface area contributed by atoms with Crippen LogP contribution in [0.2, 0.25) is 0 Å². The molecular weight excluding hydrogens is 300 g/mol. The average Bonchev–Trinajstić information content (AvgIpc) is 2.60. The van der Waals surface area contributed by atoms with Gasteiger partial charge < -0.3 is 11.1 Å². The number of hydrogen-bond acceptors (Lipinski definition) is 2. The van der Waals surface area contributed by atoms with E-state index in [1.165, 1.54) is 0 Å². The summed E-state index contributed by atoms with van der Waals surface area (Å²) in [6.45, 7) is 0. The molecule has 0 unspecified atom stereocenters. The number of nitrogens with two attached hydrogens (primary N) is 1. The van der Waals surface area contributed by atoms with Gasteiger partial charge in [0, 0.05) is 12.8 Å². The van der Waals surface area contributed by atoms with Gasteiger partial charge in [0.05, 0.1) is 0 Å². The largest absolute Gasteiger partial charge is 0.368 e. The van der Waals surface area contributed by atoms with Crippen LogP contribution < -0.4 is 11.1 Å². The summed E-state index contributed by atoms with van der Waals surface area (Å²) in [5, 5.41) is 2.72. The number of primary amides is 1. The van der Waals surface area contributed by atoms with Gasteiger partial charge in [-0.3, -0.25) is 9.59 Å². The Labute approximate surface area is 142 Å². The number of carbonyl (C=O) groups excluding carboxylic acids is 2. The molecule has 0 heterocycles. The summed E-state index contributed by atoms with van der Waals surface area (Å²) < 4.78 is 0. The fourth-order valence-electron chi connectivity index (χ4n) is 2.34. The van der Waals surface area contributed by atoms with E-state index in [0.29, 0.717) is 19.3 Å². The molecule has 0 fully saturated rings. The van der Waals surface area contributed by atoms with E-state index in [-0.39, 0.29) is 5.91 Å². The normalized spacial score (nSPS) is 12.0. The quantitative estimate of drug-likeness (QED) is 0.784. The van der Waals surface area contributed by atoms with Crippen LogP contribution in [0.4, 0.5) is 0 Å². The molecule has 4 heteroatoms. The number of hydrogen-bond donors (Lipinski definition) is 2. The number of carbonyl (C=O) groups is 2. The van der Waals surface area contributed by atoms with Crippen molar-refractivity contribution in [3.05, 3.63) is 77.9 Å². The molecule has 0 aromatic heterocycles. The van der Waals surface area contributed by atoms with Crippen molar-refractivity contribution in [1.29, 1.82) is 0 Å². The average molecular weight is 322 g/mol. The molecule has 2 amide bonds. The van der Waals surface area contributed by atoms with E-state index in [1.54, 1.807) is 0 Å².